The van der Waals surface area contributed by atoms with Crippen molar-refractivity contribution >= 4 is 5.97 Å². The highest BCUT2D eigenvalue weighted by molar-refractivity contribution is 5.94. The molecule has 4 unspecified atom stereocenters. The number of benzene rings is 1. The third kappa shape index (κ3) is 4.14. The van der Waals surface area contributed by atoms with Crippen molar-refractivity contribution in [3.63, 3.8) is 0 Å². The van der Waals surface area contributed by atoms with Crippen molar-refractivity contribution in [2.24, 2.45) is 11.8 Å². The lowest BCUT2D eigenvalue weighted by Crippen LogP contribution is -2.20. The summed E-state index contributed by atoms with van der Waals surface area (Å²) in [6, 6.07) is 1.71. The lowest BCUT2D eigenvalue weighted by Gasteiger charge is -2.35. The van der Waals surface area contributed by atoms with Crippen molar-refractivity contribution in [3.05, 3.63) is 22.8 Å². The van der Waals surface area contributed by atoms with E-state index in [1.807, 2.05) is 13.8 Å². The van der Waals surface area contributed by atoms with Gasteiger partial charge in [-0.1, -0.05) is 33.6 Å². The number of aliphatic hydroxyl groups excluding tert-OH is 1. The Balaban J connectivity index is 2.32. The normalized spacial score (nSPS) is 21.7. The molecule has 5 nitrogen and oxygen atoms in total. The smallest absolute Gasteiger partial charge is 0.341 e. The van der Waals surface area contributed by atoms with E-state index in [4.69, 9.17) is 4.74 Å². The van der Waals surface area contributed by atoms with Crippen molar-refractivity contribution in [2.75, 3.05) is 13.7 Å². The van der Waals surface area contributed by atoms with Crippen molar-refractivity contribution in [1.29, 1.82) is 0 Å². The van der Waals surface area contributed by atoms with E-state index in [0.29, 0.717) is 11.8 Å². The molecule has 0 aliphatic heterocycles. The molecule has 26 heavy (non-hydrogen) atoms. The van der Waals surface area contributed by atoms with Gasteiger partial charge in [-0.25, -0.2) is 4.79 Å². The predicted octanol–water partition coefficient (Wildman–Crippen LogP) is 4.30. The van der Waals surface area contributed by atoms with Gasteiger partial charge >= 0.3 is 5.97 Å². The van der Waals surface area contributed by atoms with E-state index < -0.39 is 5.97 Å². The summed E-state index contributed by atoms with van der Waals surface area (Å²) >= 11 is 0. The summed E-state index contributed by atoms with van der Waals surface area (Å²) in [5.41, 5.74) is 1.76. The molecule has 0 heterocycles. The van der Waals surface area contributed by atoms with Crippen LogP contribution in [-0.2, 0) is 4.74 Å². The molecule has 1 aromatic rings. The Morgan fingerprint density at radius 2 is 1.92 bits per heavy atom. The molecule has 0 saturated carbocycles. The first kappa shape index (κ1) is 20.6. The Morgan fingerprint density at radius 1 is 1.23 bits per heavy atom. The van der Waals surface area contributed by atoms with Crippen LogP contribution in [0.25, 0.3) is 0 Å². The molecule has 0 aromatic heterocycles. The van der Waals surface area contributed by atoms with Gasteiger partial charge in [0.25, 0.3) is 0 Å². The summed E-state index contributed by atoms with van der Waals surface area (Å²) < 4.78 is 4.76. The van der Waals surface area contributed by atoms with Gasteiger partial charge in [-0.05, 0) is 54.6 Å². The van der Waals surface area contributed by atoms with Gasteiger partial charge in [0.05, 0.1) is 7.11 Å². The van der Waals surface area contributed by atoms with Crippen LogP contribution < -0.4 is 0 Å². The van der Waals surface area contributed by atoms with Crippen LogP contribution in [-0.4, -0.2) is 35.0 Å². The van der Waals surface area contributed by atoms with Crippen LogP contribution in [0, 0.1) is 11.8 Å². The van der Waals surface area contributed by atoms with Crippen LogP contribution in [0.15, 0.2) is 6.07 Å². The van der Waals surface area contributed by atoms with Crippen LogP contribution in [0.5, 0.6) is 11.5 Å². The number of esters is 1. The average Bonchev–Trinajstić information content (AvgIpc) is 2.63. The van der Waals surface area contributed by atoms with Crippen LogP contribution >= 0.6 is 0 Å². The zero-order valence-corrected chi connectivity index (χ0v) is 16.3. The monoisotopic (exact) mass is 364 g/mol. The quantitative estimate of drug-likeness (QED) is 0.496. The van der Waals surface area contributed by atoms with E-state index in [9.17, 15) is 20.1 Å². The maximum absolute atomic E-state index is 12.0. The molecular weight excluding hydrogens is 332 g/mol. The molecule has 0 saturated heterocycles. The van der Waals surface area contributed by atoms with Crippen LogP contribution in [0.1, 0.15) is 86.2 Å². The van der Waals surface area contributed by atoms with Crippen LogP contribution in [0.2, 0.25) is 0 Å². The van der Waals surface area contributed by atoms with Crippen molar-refractivity contribution in [1.82, 2.24) is 0 Å². The Hall–Kier alpha value is -1.75. The number of hydrogen-bond donors (Lipinski definition) is 3. The number of aromatic hydroxyl groups is 2. The minimum atomic E-state index is -0.637. The van der Waals surface area contributed by atoms with Gasteiger partial charge in [-0.15, -0.1) is 0 Å². The first-order valence-corrected chi connectivity index (χ1v) is 9.59. The number of methoxy groups -OCH3 is 1. The second kappa shape index (κ2) is 8.76. The van der Waals surface area contributed by atoms with Gasteiger partial charge < -0.3 is 20.1 Å². The minimum Gasteiger partial charge on any atom is -0.504 e. The largest absolute Gasteiger partial charge is 0.504 e. The molecule has 2 rings (SSSR count). The van der Waals surface area contributed by atoms with E-state index >= 15 is 0 Å². The summed E-state index contributed by atoms with van der Waals surface area (Å²) in [6.07, 6.45) is 5.00. The third-order valence-electron chi connectivity index (χ3n) is 5.91. The van der Waals surface area contributed by atoms with Gasteiger partial charge in [-0.2, -0.15) is 0 Å². The number of phenols is 2. The zero-order chi connectivity index (χ0) is 19.4. The number of phenolic OH excluding ortho intramolecular Hbond substituents is 2. The lowest BCUT2D eigenvalue weighted by molar-refractivity contribution is 0.0596. The highest BCUT2D eigenvalue weighted by Crippen LogP contribution is 2.50. The number of rotatable bonds is 7. The molecule has 0 fully saturated rings. The number of aliphatic hydroxyl groups is 1. The standard InChI is InChI=1S/C21H32O5/c1-12(11-22)6-5-7-13(2)15-9-8-14(3)18-16(15)10-17(21(25)26-4)19(23)20(18)24/h10,12-15,22-24H,5-9,11H2,1-4H3. The van der Waals surface area contributed by atoms with Crippen molar-refractivity contribution in [2.45, 2.75) is 64.7 Å². The molecule has 0 spiro atoms. The Bertz CT molecular complexity index is 640. The van der Waals surface area contributed by atoms with Crippen molar-refractivity contribution < 1.29 is 24.9 Å². The number of fused-ring (bicyclic) bond motifs is 1. The Labute approximate surface area is 156 Å². The van der Waals surface area contributed by atoms with E-state index in [1.54, 1.807) is 6.07 Å². The van der Waals surface area contributed by atoms with Gasteiger partial charge in [0.2, 0.25) is 0 Å². The highest BCUT2D eigenvalue weighted by Gasteiger charge is 2.34. The Morgan fingerprint density at radius 3 is 2.54 bits per heavy atom. The Kier molecular flexibility index (Phi) is 6.93. The summed E-state index contributed by atoms with van der Waals surface area (Å²) in [6.45, 7) is 6.51. The number of hydrogen-bond acceptors (Lipinski definition) is 5. The molecule has 1 aliphatic carbocycles. The molecule has 0 radical (unpaired) electrons. The van der Waals surface area contributed by atoms with Gasteiger partial charge in [0.1, 0.15) is 5.56 Å². The molecular formula is C21H32O5. The topological polar surface area (TPSA) is 87.0 Å². The number of carbonyl (C=O) groups is 1. The summed E-state index contributed by atoms with van der Waals surface area (Å²) in [7, 11) is 1.27. The fourth-order valence-corrected chi connectivity index (χ4v) is 4.18. The maximum atomic E-state index is 12.0. The third-order valence-corrected chi connectivity index (χ3v) is 5.91. The second-order valence-corrected chi connectivity index (χ2v) is 7.90. The molecule has 3 N–H and O–H groups in total. The van der Waals surface area contributed by atoms with E-state index in [1.165, 1.54) is 7.11 Å². The molecule has 146 valence electrons. The van der Waals surface area contributed by atoms with Gasteiger partial charge in [0, 0.05) is 12.2 Å². The fraction of sp³-hybridized carbons (Fsp3) is 0.667. The zero-order valence-electron chi connectivity index (χ0n) is 16.3. The molecule has 4 atom stereocenters. The highest BCUT2D eigenvalue weighted by atomic mass is 16.5. The molecule has 1 aliphatic rings. The van der Waals surface area contributed by atoms with Crippen LogP contribution in [0.4, 0.5) is 0 Å². The average molecular weight is 364 g/mol. The SMILES string of the molecule is COC(=O)c1cc2c(c(O)c1O)C(C)CCC2C(C)CCCC(C)CO. The maximum Gasteiger partial charge on any atom is 0.341 e. The van der Waals surface area contributed by atoms with E-state index in [2.05, 4.69) is 6.92 Å². The lowest BCUT2D eigenvalue weighted by atomic mass is 9.70. The first-order chi connectivity index (χ1) is 12.3. The summed E-state index contributed by atoms with van der Waals surface area (Å²) in [4.78, 5) is 12.0. The molecule has 1 aromatic carbocycles. The van der Waals surface area contributed by atoms with E-state index in [-0.39, 0.29) is 35.5 Å². The van der Waals surface area contributed by atoms with Crippen LogP contribution in [0.3, 0.4) is 0 Å². The molecule has 0 amide bonds. The predicted molar refractivity (Wildman–Crippen MR) is 101 cm³/mol. The molecule has 5 heteroatoms. The molecule has 0 bridgehead atoms. The van der Waals surface area contributed by atoms with Gasteiger partial charge in [-0.3, -0.25) is 0 Å². The van der Waals surface area contributed by atoms with Crippen molar-refractivity contribution in [3.8, 4) is 11.5 Å². The van der Waals surface area contributed by atoms with Gasteiger partial charge in [0.15, 0.2) is 11.5 Å². The van der Waals surface area contributed by atoms with E-state index in [0.717, 1.165) is 43.2 Å². The second-order valence-electron chi connectivity index (χ2n) is 7.90. The number of ether oxygens (including phenoxy) is 1. The fourth-order valence-electron chi connectivity index (χ4n) is 4.18. The minimum absolute atomic E-state index is 0.0314. The summed E-state index contributed by atoms with van der Waals surface area (Å²) in [5, 5.41) is 30.0. The first-order valence-electron chi connectivity index (χ1n) is 9.59. The number of carbonyl (C=O) groups excluding carboxylic acids is 1. The summed E-state index contributed by atoms with van der Waals surface area (Å²) in [5.74, 6) is -0.119.